The number of carbonyl (C=O) groups is 5. The second kappa shape index (κ2) is 15.2. The molecule has 0 aliphatic heterocycles. The van der Waals surface area contributed by atoms with Crippen molar-refractivity contribution in [3.05, 3.63) is 18.2 Å². The number of hydrogen-bond donors (Lipinski definition) is 8. The second-order valence-electron chi connectivity index (χ2n) is 7.38. The number of thioether (sulfide) groups is 1. The number of nitrogens with zero attached hydrogens (tertiary/aromatic N) is 1. The average molecular weight is 518 g/mol. The minimum atomic E-state index is -1.32. The Hall–Kier alpha value is -2.78. The van der Waals surface area contributed by atoms with Crippen molar-refractivity contribution in [3.8, 4) is 0 Å². The molecular formula is C19H31N7O6S2. The molecule has 1 aromatic heterocycles. The molecule has 0 fully saturated rings. The smallest absolute Gasteiger partial charge is 0.326 e. The summed E-state index contributed by atoms with van der Waals surface area (Å²) in [6.07, 6.45) is 4.56. The molecule has 4 atom stereocenters. The molecule has 4 unspecified atom stereocenters. The number of carboxylic acid groups (broad SMARTS) is 1. The van der Waals surface area contributed by atoms with Gasteiger partial charge in [-0.2, -0.15) is 24.4 Å². The number of H-pyrrole nitrogens is 1. The molecule has 0 aromatic carbocycles. The predicted octanol–water partition coefficient (Wildman–Crippen LogP) is -2.23. The summed E-state index contributed by atoms with van der Waals surface area (Å²) >= 11 is 5.60. The fourth-order valence-corrected chi connectivity index (χ4v) is 3.51. The van der Waals surface area contributed by atoms with Gasteiger partial charge in [0.05, 0.1) is 12.4 Å². The van der Waals surface area contributed by atoms with Gasteiger partial charge in [-0.3, -0.25) is 19.2 Å². The third kappa shape index (κ3) is 10.4. The molecule has 0 bridgehead atoms. The number of aromatic nitrogens is 2. The van der Waals surface area contributed by atoms with Crippen LogP contribution in [0, 0.1) is 0 Å². The van der Waals surface area contributed by atoms with Crippen molar-refractivity contribution in [1.29, 1.82) is 0 Å². The first-order chi connectivity index (χ1) is 16.1. The molecule has 1 rings (SSSR count). The van der Waals surface area contributed by atoms with Crippen LogP contribution in [0.5, 0.6) is 0 Å². The van der Waals surface area contributed by atoms with E-state index in [1.807, 2.05) is 6.26 Å². The van der Waals surface area contributed by atoms with E-state index in [2.05, 4.69) is 38.5 Å². The standard InChI is InChI=1S/C19H31N7O6S2/c1-34-5-4-11(20)16(28)26-14(8-33)18(30)24-12(2-3-15(21)27)17(29)25-13(19(31)32)6-10-7-22-9-23-10/h7,9,11-14,33H,2-6,8,20H2,1H3,(H2,21,27)(H,22,23)(H,24,30)(H,25,29)(H,26,28)(H,31,32). The molecule has 15 heteroatoms. The van der Waals surface area contributed by atoms with Crippen molar-refractivity contribution in [2.45, 2.75) is 49.9 Å². The van der Waals surface area contributed by atoms with Crippen LogP contribution in [0.2, 0.25) is 0 Å². The minimum Gasteiger partial charge on any atom is -0.480 e. The number of primary amides is 1. The first-order valence-electron chi connectivity index (χ1n) is 10.3. The summed E-state index contributed by atoms with van der Waals surface area (Å²) in [7, 11) is 0. The molecule has 1 heterocycles. The number of carbonyl (C=O) groups excluding carboxylic acids is 4. The fourth-order valence-electron chi connectivity index (χ4n) is 2.77. The van der Waals surface area contributed by atoms with Gasteiger partial charge >= 0.3 is 5.97 Å². The summed E-state index contributed by atoms with van der Waals surface area (Å²) in [6, 6.07) is -4.54. The molecule has 0 aliphatic rings. The number of nitrogens with one attached hydrogen (secondary N) is 4. The molecule has 0 aliphatic carbocycles. The maximum atomic E-state index is 12.8. The van der Waals surface area contributed by atoms with Gasteiger partial charge in [-0.1, -0.05) is 0 Å². The van der Waals surface area contributed by atoms with Crippen LogP contribution < -0.4 is 27.4 Å². The molecular weight excluding hydrogens is 486 g/mol. The van der Waals surface area contributed by atoms with Crippen molar-refractivity contribution in [3.63, 3.8) is 0 Å². The highest BCUT2D eigenvalue weighted by molar-refractivity contribution is 7.98. The molecule has 13 nitrogen and oxygen atoms in total. The van der Waals surface area contributed by atoms with E-state index in [-0.39, 0.29) is 25.0 Å². The van der Waals surface area contributed by atoms with Gasteiger partial charge in [0, 0.05) is 30.5 Å². The molecule has 0 radical (unpaired) electrons. The molecule has 4 amide bonds. The lowest BCUT2D eigenvalue weighted by Crippen LogP contribution is -2.58. The van der Waals surface area contributed by atoms with E-state index in [4.69, 9.17) is 11.5 Å². The Morgan fingerprint density at radius 2 is 1.71 bits per heavy atom. The minimum absolute atomic E-state index is 0.0825. The Morgan fingerprint density at radius 3 is 2.24 bits per heavy atom. The van der Waals surface area contributed by atoms with E-state index >= 15 is 0 Å². The average Bonchev–Trinajstić information content (AvgIpc) is 3.30. The summed E-state index contributed by atoms with van der Waals surface area (Å²) in [5, 5.41) is 16.7. The van der Waals surface area contributed by atoms with Crippen molar-refractivity contribution in [1.82, 2.24) is 25.9 Å². The number of aromatic amines is 1. The molecule has 34 heavy (non-hydrogen) atoms. The van der Waals surface area contributed by atoms with E-state index in [0.717, 1.165) is 0 Å². The molecule has 1 aromatic rings. The van der Waals surface area contributed by atoms with E-state index in [1.54, 1.807) is 0 Å². The Bertz CT molecular complexity index is 839. The van der Waals surface area contributed by atoms with Crippen LogP contribution >= 0.6 is 24.4 Å². The van der Waals surface area contributed by atoms with E-state index in [9.17, 15) is 29.1 Å². The van der Waals surface area contributed by atoms with Crippen molar-refractivity contribution in [2.75, 3.05) is 17.8 Å². The molecule has 190 valence electrons. The SMILES string of the molecule is CSCCC(N)C(=O)NC(CS)C(=O)NC(CCC(N)=O)C(=O)NC(Cc1cnc[nH]1)C(=O)O. The molecule has 0 saturated carbocycles. The summed E-state index contributed by atoms with van der Waals surface area (Å²) in [6.45, 7) is 0. The lowest BCUT2D eigenvalue weighted by molar-refractivity contribution is -0.142. The zero-order chi connectivity index (χ0) is 25.7. The quantitative estimate of drug-likeness (QED) is 0.111. The van der Waals surface area contributed by atoms with Crippen LogP contribution in [0.15, 0.2) is 12.5 Å². The van der Waals surface area contributed by atoms with Gasteiger partial charge < -0.3 is 37.5 Å². The highest BCUT2D eigenvalue weighted by Gasteiger charge is 2.30. The summed E-state index contributed by atoms with van der Waals surface area (Å²) < 4.78 is 0. The number of rotatable bonds is 16. The monoisotopic (exact) mass is 517 g/mol. The summed E-state index contributed by atoms with van der Waals surface area (Å²) in [5.74, 6) is -3.57. The van der Waals surface area contributed by atoms with Crippen LogP contribution in [0.1, 0.15) is 25.0 Å². The van der Waals surface area contributed by atoms with Gasteiger partial charge in [-0.15, -0.1) is 0 Å². The zero-order valence-electron chi connectivity index (χ0n) is 18.7. The fraction of sp³-hybridized carbons (Fsp3) is 0.579. The Labute approximate surface area is 206 Å². The zero-order valence-corrected chi connectivity index (χ0v) is 20.4. The number of hydrogen-bond acceptors (Lipinski definition) is 9. The molecule has 0 spiro atoms. The molecule has 9 N–H and O–H groups in total. The second-order valence-corrected chi connectivity index (χ2v) is 8.73. The van der Waals surface area contributed by atoms with Crippen LogP contribution in [-0.4, -0.2) is 86.6 Å². The largest absolute Gasteiger partial charge is 0.480 e. The number of amides is 4. The van der Waals surface area contributed by atoms with Gasteiger partial charge in [0.1, 0.15) is 18.1 Å². The summed E-state index contributed by atoms with van der Waals surface area (Å²) in [5.41, 5.74) is 11.5. The van der Waals surface area contributed by atoms with Gasteiger partial charge in [0.15, 0.2) is 0 Å². The van der Waals surface area contributed by atoms with Crippen LogP contribution in [0.3, 0.4) is 0 Å². The first-order valence-corrected chi connectivity index (χ1v) is 12.4. The number of aliphatic carboxylic acids is 1. The maximum Gasteiger partial charge on any atom is 0.326 e. The van der Waals surface area contributed by atoms with E-state index in [1.165, 1.54) is 24.3 Å². The molecule has 0 saturated heterocycles. The van der Waals surface area contributed by atoms with Gasteiger partial charge in [-0.05, 0) is 24.9 Å². The number of imidazole rings is 1. The number of carboxylic acids is 1. The lowest BCUT2D eigenvalue weighted by Gasteiger charge is -2.24. The first kappa shape index (κ1) is 29.3. The van der Waals surface area contributed by atoms with Crippen molar-refractivity contribution < 1.29 is 29.1 Å². The van der Waals surface area contributed by atoms with Crippen molar-refractivity contribution in [2.24, 2.45) is 11.5 Å². The highest BCUT2D eigenvalue weighted by atomic mass is 32.2. The lowest BCUT2D eigenvalue weighted by atomic mass is 10.1. The topological polar surface area (TPSA) is 222 Å². The van der Waals surface area contributed by atoms with Gasteiger partial charge in [0.2, 0.25) is 23.6 Å². The number of nitrogens with two attached hydrogens (primary N) is 2. The third-order valence-electron chi connectivity index (χ3n) is 4.69. The Kier molecular flexibility index (Phi) is 13.1. The van der Waals surface area contributed by atoms with E-state index < -0.39 is 53.8 Å². The Morgan fingerprint density at radius 1 is 1.09 bits per heavy atom. The van der Waals surface area contributed by atoms with Gasteiger partial charge in [-0.25, -0.2) is 9.78 Å². The third-order valence-corrected chi connectivity index (χ3v) is 5.70. The van der Waals surface area contributed by atoms with Gasteiger partial charge in [0.25, 0.3) is 0 Å². The highest BCUT2D eigenvalue weighted by Crippen LogP contribution is 2.05. The van der Waals surface area contributed by atoms with Crippen molar-refractivity contribution >= 4 is 54.0 Å². The van der Waals surface area contributed by atoms with Crippen LogP contribution in [-0.2, 0) is 30.4 Å². The van der Waals surface area contributed by atoms with Crippen LogP contribution in [0.25, 0.3) is 0 Å². The predicted molar refractivity (Wildman–Crippen MR) is 129 cm³/mol. The normalized spacial score (nSPS) is 14.3. The maximum absolute atomic E-state index is 12.8. The number of thiol groups is 1. The summed E-state index contributed by atoms with van der Waals surface area (Å²) in [4.78, 5) is 67.2. The van der Waals surface area contributed by atoms with E-state index in [0.29, 0.717) is 17.9 Å². The Balaban J connectivity index is 2.88. The van der Waals surface area contributed by atoms with Crippen LogP contribution in [0.4, 0.5) is 0 Å².